The number of aromatic nitrogens is 1. The van der Waals surface area contributed by atoms with Crippen molar-refractivity contribution in [3.8, 4) is 0 Å². The van der Waals surface area contributed by atoms with Crippen molar-refractivity contribution in [2.45, 2.75) is 38.6 Å². The van der Waals surface area contributed by atoms with Gasteiger partial charge in [0.1, 0.15) is 0 Å². The molecule has 1 aliphatic carbocycles. The molecule has 0 saturated heterocycles. The maximum absolute atomic E-state index is 11.7. The van der Waals surface area contributed by atoms with E-state index in [-0.39, 0.29) is 17.3 Å². The molecule has 5 nitrogen and oxygen atoms in total. The number of hydrogen-bond donors (Lipinski definition) is 0. The maximum atomic E-state index is 11.7. The van der Waals surface area contributed by atoms with E-state index in [1.165, 1.54) is 16.8 Å². The van der Waals surface area contributed by atoms with Gasteiger partial charge in [-0.05, 0) is 19.8 Å². The molecule has 0 atom stereocenters. The van der Waals surface area contributed by atoms with Gasteiger partial charge in [-0.15, -0.1) is 0 Å². The van der Waals surface area contributed by atoms with Gasteiger partial charge in [-0.25, -0.2) is 0 Å². The summed E-state index contributed by atoms with van der Waals surface area (Å²) < 4.78 is 1.53. The summed E-state index contributed by atoms with van der Waals surface area (Å²) in [5.74, 6) is 0. The lowest BCUT2D eigenvalue weighted by Gasteiger charge is -2.13. The molecule has 0 bridgehead atoms. The summed E-state index contributed by atoms with van der Waals surface area (Å²) in [6, 6.07) is 1.50. The van der Waals surface area contributed by atoms with Crippen LogP contribution >= 0.6 is 0 Å². The zero-order valence-electron chi connectivity index (χ0n) is 9.18. The number of hydrogen-bond acceptors (Lipinski definition) is 3. The van der Waals surface area contributed by atoms with Crippen molar-refractivity contribution in [2.75, 3.05) is 0 Å². The molecule has 1 heterocycles. The van der Waals surface area contributed by atoms with Crippen LogP contribution in [0.2, 0.25) is 0 Å². The normalized spacial score (nSPS) is 16.6. The first-order valence-electron chi connectivity index (χ1n) is 5.47. The highest BCUT2D eigenvalue weighted by Gasteiger charge is 2.21. The quantitative estimate of drug-likeness (QED) is 0.569. The van der Waals surface area contributed by atoms with Crippen LogP contribution < -0.4 is 5.56 Å². The molecule has 5 heteroatoms. The van der Waals surface area contributed by atoms with E-state index in [9.17, 15) is 14.9 Å². The Kier molecular flexibility index (Phi) is 2.77. The maximum Gasteiger partial charge on any atom is 0.288 e. The second-order valence-electron chi connectivity index (χ2n) is 4.28. The topological polar surface area (TPSA) is 65.1 Å². The zero-order valence-corrected chi connectivity index (χ0v) is 9.18. The first kappa shape index (κ1) is 10.9. The van der Waals surface area contributed by atoms with E-state index in [0.717, 1.165) is 25.7 Å². The van der Waals surface area contributed by atoms with E-state index in [0.29, 0.717) is 5.56 Å². The first-order chi connectivity index (χ1) is 7.59. The Bertz CT molecular complexity index is 473. The molecular weight excluding hydrogens is 208 g/mol. The summed E-state index contributed by atoms with van der Waals surface area (Å²) in [5, 5.41) is 10.8. The third-order valence-electron chi connectivity index (χ3n) is 3.17. The van der Waals surface area contributed by atoms with E-state index in [1.807, 2.05) is 0 Å². The van der Waals surface area contributed by atoms with Crippen LogP contribution in [0.25, 0.3) is 0 Å². The lowest BCUT2D eigenvalue weighted by atomic mass is 10.2. The summed E-state index contributed by atoms with van der Waals surface area (Å²) in [6.07, 6.45) is 5.48. The van der Waals surface area contributed by atoms with Crippen molar-refractivity contribution >= 4 is 5.69 Å². The lowest BCUT2D eigenvalue weighted by molar-refractivity contribution is -0.386. The van der Waals surface area contributed by atoms with Gasteiger partial charge in [0, 0.05) is 17.7 Å². The minimum atomic E-state index is -0.430. The Morgan fingerprint density at radius 1 is 1.44 bits per heavy atom. The highest BCUT2D eigenvalue weighted by atomic mass is 16.6. The number of nitrogens with zero attached hydrogens (tertiary/aromatic N) is 2. The molecule has 1 aromatic heterocycles. The predicted molar refractivity (Wildman–Crippen MR) is 59.6 cm³/mol. The smallest absolute Gasteiger partial charge is 0.288 e. The van der Waals surface area contributed by atoms with E-state index in [2.05, 4.69) is 0 Å². The van der Waals surface area contributed by atoms with Crippen molar-refractivity contribution in [3.63, 3.8) is 0 Å². The van der Waals surface area contributed by atoms with Gasteiger partial charge in [0.15, 0.2) is 0 Å². The van der Waals surface area contributed by atoms with Crippen molar-refractivity contribution in [1.82, 2.24) is 4.57 Å². The number of rotatable bonds is 2. The lowest BCUT2D eigenvalue weighted by Crippen LogP contribution is -2.23. The fraction of sp³-hybridized carbons (Fsp3) is 0.545. The largest absolute Gasteiger partial charge is 0.306 e. The number of nitro groups is 1. The number of aryl methyl sites for hydroxylation is 1. The van der Waals surface area contributed by atoms with Crippen molar-refractivity contribution in [2.24, 2.45) is 0 Å². The van der Waals surface area contributed by atoms with Gasteiger partial charge in [-0.1, -0.05) is 12.8 Å². The van der Waals surface area contributed by atoms with Crippen LogP contribution in [0.3, 0.4) is 0 Å². The summed E-state index contributed by atoms with van der Waals surface area (Å²) >= 11 is 0. The Morgan fingerprint density at radius 3 is 2.62 bits per heavy atom. The Morgan fingerprint density at radius 2 is 2.06 bits per heavy atom. The van der Waals surface area contributed by atoms with Gasteiger partial charge in [0.05, 0.1) is 11.1 Å². The molecule has 0 spiro atoms. The highest BCUT2D eigenvalue weighted by Crippen LogP contribution is 2.29. The molecule has 0 N–H and O–H groups in total. The molecule has 2 rings (SSSR count). The second kappa shape index (κ2) is 4.08. The van der Waals surface area contributed by atoms with Gasteiger partial charge in [0.25, 0.3) is 11.2 Å². The summed E-state index contributed by atoms with van der Waals surface area (Å²) in [6.45, 7) is 1.60. The summed E-state index contributed by atoms with van der Waals surface area (Å²) in [5.41, 5.74) is 0.339. The summed E-state index contributed by atoms with van der Waals surface area (Å²) in [7, 11) is 0. The van der Waals surface area contributed by atoms with Crippen molar-refractivity contribution < 1.29 is 4.92 Å². The molecule has 16 heavy (non-hydrogen) atoms. The molecule has 0 aliphatic heterocycles. The molecule has 1 saturated carbocycles. The van der Waals surface area contributed by atoms with Crippen LogP contribution in [0, 0.1) is 17.0 Å². The molecule has 1 fully saturated rings. The van der Waals surface area contributed by atoms with Gasteiger partial charge in [-0.3, -0.25) is 14.9 Å². The van der Waals surface area contributed by atoms with Crippen molar-refractivity contribution in [1.29, 1.82) is 0 Å². The molecule has 1 aromatic rings. The van der Waals surface area contributed by atoms with Gasteiger partial charge in [0.2, 0.25) is 0 Å². The second-order valence-corrected chi connectivity index (χ2v) is 4.28. The van der Waals surface area contributed by atoms with Crippen LogP contribution in [0.5, 0.6) is 0 Å². The molecule has 0 amide bonds. The van der Waals surface area contributed by atoms with E-state index >= 15 is 0 Å². The van der Waals surface area contributed by atoms with E-state index in [4.69, 9.17) is 0 Å². The molecule has 0 unspecified atom stereocenters. The summed E-state index contributed by atoms with van der Waals surface area (Å²) in [4.78, 5) is 22.1. The fourth-order valence-electron chi connectivity index (χ4n) is 2.29. The molecular formula is C11H14N2O3. The van der Waals surface area contributed by atoms with Gasteiger partial charge >= 0.3 is 0 Å². The molecule has 86 valence electrons. The minimum Gasteiger partial charge on any atom is -0.306 e. The zero-order chi connectivity index (χ0) is 11.7. The number of pyridine rings is 1. The van der Waals surface area contributed by atoms with Crippen LogP contribution in [-0.2, 0) is 0 Å². The third kappa shape index (κ3) is 1.85. The first-order valence-corrected chi connectivity index (χ1v) is 5.47. The van der Waals surface area contributed by atoms with Gasteiger partial charge < -0.3 is 4.57 Å². The standard InChI is InChI=1S/C11H14N2O3/c1-8-6-11(14)12(7-10(8)13(15)16)9-4-2-3-5-9/h6-7,9H,2-5H2,1H3. The van der Waals surface area contributed by atoms with E-state index in [1.54, 1.807) is 6.92 Å². The van der Waals surface area contributed by atoms with Crippen molar-refractivity contribution in [3.05, 3.63) is 38.3 Å². The molecule has 0 radical (unpaired) electrons. The fourth-order valence-corrected chi connectivity index (χ4v) is 2.29. The van der Waals surface area contributed by atoms with E-state index < -0.39 is 4.92 Å². The molecule has 0 aromatic carbocycles. The average Bonchev–Trinajstić information content (AvgIpc) is 2.70. The van der Waals surface area contributed by atoms with Crippen LogP contribution in [0.1, 0.15) is 37.3 Å². The minimum absolute atomic E-state index is 0.0338. The average molecular weight is 222 g/mol. The SMILES string of the molecule is Cc1cc(=O)n(C2CCCC2)cc1[N+](=O)[O-]. The Balaban J connectivity index is 2.48. The molecule has 1 aliphatic rings. The van der Waals surface area contributed by atoms with Crippen LogP contribution in [0.15, 0.2) is 17.1 Å². The third-order valence-corrected chi connectivity index (χ3v) is 3.17. The van der Waals surface area contributed by atoms with Crippen LogP contribution in [0.4, 0.5) is 5.69 Å². The highest BCUT2D eigenvalue weighted by molar-refractivity contribution is 5.36. The van der Waals surface area contributed by atoms with Gasteiger partial charge in [-0.2, -0.15) is 0 Å². The predicted octanol–water partition coefficient (Wildman–Crippen LogP) is 2.18. The van der Waals surface area contributed by atoms with Crippen LogP contribution in [-0.4, -0.2) is 9.49 Å². The Labute approximate surface area is 92.9 Å². The monoisotopic (exact) mass is 222 g/mol. The Hall–Kier alpha value is -1.65.